The van der Waals surface area contributed by atoms with Crippen LogP contribution in [0, 0.1) is 0 Å². The first-order chi connectivity index (χ1) is 0. The zero-order chi connectivity index (χ0) is 0. The van der Waals surface area contributed by atoms with Gasteiger partial charge in [0.2, 0.25) is 0 Å². The van der Waals surface area contributed by atoms with E-state index in [4.69, 9.17) is 0 Å². The van der Waals surface area contributed by atoms with Gasteiger partial charge in [0.25, 0.3) is 0 Å². The molecule has 0 aromatic heterocycles. The summed E-state index contributed by atoms with van der Waals surface area (Å²) in [5.74, 6) is 0. The second-order valence-corrected chi connectivity index (χ2v) is 0. The molecule has 0 aliphatic carbocycles. The van der Waals surface area contributed by atoms with Crippen LogP contribution in [0.4, 0.5) is 0 Å². The second-order valence-electron chi connectivity index (χ2n) is 0. The Bertz CT molecular complexity index is 19.2. The van der Waals surface area contributed by atoms with Crippen molar-refractivity contribution in [2.45, 2.75) is 0 Å². The average molecular weight is 295 g/mol. The number of hydrogen-bond acceptors (Lipinski definition) is 0. The molecule has 31 valence electrons. The van der Waals surface area contributed by atoms with Gasteiger partial charge in [-0.3, -0.25) is 0 Å². The monoisotopic (exact) mass is 295 g/mol. The normalized spacial score (nSPS) is 0. The van der Waals surface area contributed by atoms with Gasteiger partial charge in [0.15, 0.2) is 17.4 Å². The fourth-order valence-corrected chi connectivity index (χ4v) is 0. The smallest absolute Gasteiger partial charge is 1.00 e. The van der Waals surface area contributed by atoms with Gasteiger partial charge >= 0.3 is 67.7 Å². The quantitative estimate of drug-likeness (QED) is 0.397. The van der Waals surface area contributed by atoms with E-state index in [0.717, 1.165) is 0 Å². The third-order valence-electron chi connectivity index (χ3n) is 0. The summed E-state index contributed by atoms with van der Waals surface area (Å²) in [6.45, 7) is 0. The first-order valence-electron chi connectivity index (χ1n) is 0. The molecule has 0 saturated carbocycles. The fraction of sp³-hybridized carbons (Fsp3) is 0. The van der Waals surface area contributed by atoms with Crippen LogP contribution in [0.2, 0.25) is 0 Å². The maximum absolute atomic E-state index is 0. The molecular weight excluding hydrogens is 289 g/mol. The van der Waals surface area contributed by atoms with E-state index in [1.165, 1.54) is 0 Å². The number of rotatable bonds is 0. The van der Waals surface area contributed by atoms with Crippen molar-refractivity contribution >= 4 is 66.2 Å². The molecule has 5 heavy (non-hydrogen) atoms. The predicted molar refractivity (Wildman–Crippen MR) is 19.0 cm³/mol. The summed E-state index contributed by atoms with van der Waals surface area (Å²) in [7, 11) is 0. The van der Waals surface area contributed by atoms with Crippen LogP contribution >= 0.6 is 0 Å². The molecule has 0 heterocycles. The van der Waals surface area contributed by atoms with Gasteiger partial charge in [-0.05, 0) is 0 Å². The molecule has 0 nitrogen and oxygen atoms in total. The predicted octanol–water partition coefficient (Wildman–Crippen LogP) is -4.23. The van der Waals surface area contributed by atoms with E-state index in [2.05, 4.69) is 0 Å². The van der Waals surface area contributed by atoms with Crippen LogP contribution in [0.5, 0.6) is 0 Å². The Labute approximate surface area is 120 Å². The largest absolute Gasteiger partial charge is 2.00 e. The summed E-state index contributed by atoms with van der Waals surface area (Å²) in [4.78, 5) is 0. The van der Waals surface area contributed by atoms with E-state index in [0.29, 0.717) is 0 Å². The Morgan fingerprint density at radius 2 is 1.20 bits per heavy atom. The molecule has 0 spiro atoms. The Morgan fingerprint density at radius 3 is 1.20 bits per heavy atom. The van der Waals surface area contributed by atoms with Gasteiger partial charge in [-0.2, -0.15) is 0 Å². The zero-order valence-corrected chi connectivity index (χ0v) is 8.83. The first kappa shape index (κ1) is 37.7. The minimum Gasteiger partial charge on any atom is -1.00 e. The average Bonchev–Trinajstić information content (AvgIpc) is 0. The van der Waals surface area contributed by atoms with Crippen molar-refractivity contribution in [1.29, 1.82) is 0 Å². The third-order valence-corrected chi connectivity index (χ3v) is 0. The van der Waals surface area contributed by atoms with Gasteiger partial charge in [0, 0.05) is 33.3 Å². The SMILES string of the molecule is [AlH3].[Ba+2].[Co].[H-].[H-].[H-].[Li+].[Ni]. The zero-order valence-electron chi connectivity index (χ0n) is 5.36. The van der Waals surface area contributed by atoms with E-state index < -0.39 is 0 Å². The van der Waals surface area contributed by atoms with Crippen LogP contribution in [0.15, 0.2) is 0 Å². The minimum absolute atomic E-state index is 0. The van der Waals surface area contributed by atoms with Crippen LogP contribution < -0.4 is 18.9 Å². The second kappa shape index (κ2) is 25.2. The van der Waals surface area contributed by atoms with Gasteiger partial charge in [0.1, 0.15) is 0 Å². The van der Waals surface area contributed by atoms with E-state index in [9.17, 15) is 0 Å². The molecule has 5 heteroatoms. The molecule has 0 unspecified atom stereocenters. The molecule has 0 amide bonds. The molecular formula is H6AlBaCoLiNi. The molecule has 0 aliphatic heterocycles. The van der Waals surface area contributed by atoms with Crippen LogP contribution in [0.25, 0.3) is 0 Å². The Morgan fingerprint density at radius 1 is 1.20 bits per heavy atom. The van der Waals surface area contributed by atoms with E-state index >= 15 is 0 Å². The maximum Gasteiger partial charge on any atom is 2.00 e. The van der Waals surface area contributed by atoms with Crippen molar-refractivity contribution in [2.24, 2.45) is 0 Å². The van der Waals surface area contributed by atoms with Gasteiger partial charge in [-0.15, -0.1) is 0 Å². The summed E-state index contributed by atoms with van der Waals surface area (Å²) in [6, 6.07) is 0. The van der Waals surface area contributed by atoms with Gasteiger partial charge in [-0.1, -0.05) is 0 Å². The summed E-state index contributed by atoms with van der Waals surface area (Å²) in [5.41, 5.74) is 0. The van der Waals surface area contributed by atoms with Crippen LogP contribution in [0.1, 0.15) is 4.28 Å². The van der Waals surface area contributed by atoms with Crippen molar-refractivity contribution in [3.8, 4) is 0 Å². The Balaban J connectivity index is 0. The van der Waals surface area contributed by atoms with Gasteiger partial charge in [0.05, 0.1) is 0 Å². The minimum atomic E-state index is 0. The Hall–Kier alpha value is 3.70. The Kier molecular flexibility index (Phi) is 190. The summed E-state index contributed by atoms with van der Waals surface area (Å²) < 4.78 is 0. The van der Waals surface area contributed by atoms with Crippen molar-refractivity contribution in [2.75, 3.05) is 0 Å². The van der Waals surface area contributed by atoms with Crippen LogP contribution in [0.3, 0.4) is 0 Å². The summed E-state index contributed by atoms with van der Waals surface area (Å²) >= 11 is 0. The molecule has 0 saturated heterocycles. The molecule has 0 aromatic rings. The van der Waals surface area contributed by atoms with E-state index in [1.54, 1.807) is 0 Å². The topological polar surface area (TPSA) is 0 Å². The first-order valence-corrected chi connectivity index (χ1v) is 0. The molecule has 0 aliphatic rings. The standard InChI is InChI=1S/Al.Ba.Co.Li.Ni.6H/q;+2;;+1;;;;;3*-1. The van der Waals surface area contributed by atoms with Crippen molar-refractivity contribution < 1.29 is 56.4 Å². The van der Waals surface area contributed by atoms with Crippen molar-refractivity contribution in [1.82, 2.24) is 0 Å². The third kappa shape index (κ3) is 18.3. The van der Waals surface area contributed by atoms with Crippen molar-refractivity contribution in [3.63, 3.8) is 0 Å². The summed E-state index contributed by atoms with van der Waals surface area (Å²) in [5, 5.41) is 0. The molecule has 0 aromatic carbocycles. The van der Waals surface area contributed by atoms with Gasteiger partial charge in [-0.25, -0.2) is 0 Å². The molecule has 0 fully saturated rings. The molecule has 0 rings (SSSR count). The van der Waals surface area contributed by atoms with Gasteiger partial charge < -0.3 is 4.28 Å². The molecule has 0 atom stereocenters. The summed E-state index contributed by atoms with van der Waals surface area (Å²) in [6.07, 6.45) is 0. The van der Waals surface area contributed by atoms with Crippen LogP contribution in [-0.2, 0) is 33.3 Å². The fourth-order valence-electron chi connectivity index (χ4n) is 0. The van der Waals surface area contributed by atoms with Crippen LogP contribution in [-0.4, -0.2) is 66.2 Å². The maximum atomic E-state index is 0. The number of hydrogen-bond donors (Lipinski definition) is 0. The molecule has 0 N–H and O–H groups in total. The molecule has 1 radical (unpaired) electrons. The van der Waals surface area contributed by atoms with Crippen molar-refractivity contribution in [3.05, 3.63) is 0 Å². The molecule has 0 bridgehead atoms. The van der Waals surface area contributed by atoms with E-state index in [-0.39, 0.29) is 123 Å². The van der Waals surface area contributed by atoms with E-state index in [1.807, 2.05) is 0 Å².